The van der Waals surface area contributed by atoms with Crippen molar-refractivity contribution in [1.29, 1.82) is 0 Å². The molecule has 6 heteroatoms. The third-order valence-electron chi connectivity index (χ3n) is 5.02. The van der Waals surface area contributed by atoms with Crippen molar-refractivity contribution in [3.63, 3.8) is 0 Å². The second-order valence-corrected chi connectivity index (χ2v) is 10.4. The summed E-state index contributed by atoms with van der Waals surface area (Å²) >= 11 is 7.07. The summed E-state index contributed by atoms with van der Waals surface area (Å²) in [4.78, 5) is 16.9. The molecule has 0 N–H and O–H groups in total. The Morgan fingerprint density at radius 1 is 0.966 bits per heavy atom. The van der Waals surface area contributed by atoms with Gasteiger partial charge in [0.25, 0.3) is 0 Å². The normalized spacial score (nSPS) is 18.2. The molecule has 2 aromatic rings. The first-order valence-corrected chi connectivity index (χ1v) is 11.5. The van der Waals surface area contributed by atoms with Crippen molar-refractivity contribution < 1.29 is 9.53 Å². The number of rotatable bonds is 3. The van der Waals surface area contributed by atoms with Gasteiger partial charge in [0.1, 0.15) is 5.60 Å². The van der Waals surface area contributed by atoms with E-state index in [4.69, 9.17) is 4.74 Å². The van der Waals surface area contributed by atoms with Crippen LogP contribution >= 0.6 is 31.9 Å². The Morgan fingerprint density at radius 2 is 1.45 bits per heavy atom. The van der Waals surface area contributed by atoms with Gasteiger partial charge >= 0.3 is 6.09 Å². The van der Waals surface area contributed by atoms with Crippen LogP contribution in [0.15, 0.2) is 57.5 Å². The van der Waals surface area contributed by atoms with Gasteiger partial charge in [-0.2, -0.15) is 0 Å². The van der Waals surface area contributed by atoms with E-state index in [1.807, 2.05) is 25.7 Å². The van der Waals surface area contributed by atoms with E-state index in [1.165, 1.54) is 11.1 Å². The molecule has 1 amide bonds. The van der Waals surface area contributed by atoms with Crippen LogP contribution in [0.4, 0.5) is 4.79 Å². The Hall–Kier alpha value is -1.37. The number of piperazine rings is 1. The van der Waals surface area contributed by atoms with Crippen LogP contribution < -0.4 is 0 Å². The second-order valence-electron chi connectivity index (χ2n) is 8.52. The molecule has 29 heavy (non-hydrogen) atoms. The monoisotopic (exact) mass is 522 g/mol. The highest BCUT2D eigenvalue weighted by molar-refractivity contribution is 9.10. The number of amides is 1. The highest BCUT2D eigenvalue weighted by Gasteiger charge is 2.34. The van der Waals surface area contributed by atoms with E-state index in [-0.39, 0.29) is 18.2 Å². The van der Waals surface area contributed by atoms with Crippen LogP contribution in [0.5, 0.6) is 0 Å². The molecule has 4 nitrogen and oxygen atoms in total. The van der Waals surface area contributed by atoms with Gasteiger partial charge in [0.05, 0.1) is 6.04 Å². The van der Waals surface area contributed by atoms with Crippen LogP contribution in [0.25, 0.3) is 0 Å². The van der Waals surface area contributed by atoms with Crippen molar-refractivity contribution >= 4 is 38.0 Å². The van der Waals surface area contributed by atoms with Crippen molar-refractivity contribution in [2.24, 2.45) is 0 Å². The van der Waals surface area contributed by atoms with E-state index >= 15 is 0 Å². The molecular formula is C23H28Br2N2O2. The predicted octanol–water partition coefficient (Wildman–Crippen LogP) is 6.24. The molecule has 1 saturated heterocycles. The van der Waals surface area contributed by atoms with Crippen molar-refractivity contribution in [3.8, 4) is 0 Å². The zero-order valence-electron chi connectivity index (χ0n) is 17.4. The molecule has 0 spiro atoms. The number of nitrogens with zero attached hydrogens (tertiary/aromatic N) is 2. The topological polar surface area (TPSA) is 32.8 Å². The van der Waals surface area contributed by atoms with E-state index in [2.05, 4.69) is 92.2 Å². The first kappa shape index (κ1) is 22.3. The zero-order chi connectivity index (χ0) is 21.2. The second kappa shape index (κ2) is 9.19. The van der Waals surface area contributed by atoms with Crippen LogP contribution in [-0.2, 0) is 4.74 Å². The maximum atomic E-state index is 12.6. The fourth-order valence-electron chi connectivity index (χ4n) is 3.72. The van der Waals surface area contributed by atoms with Gasteiger partial charge in [-0.1, -0.05) is 56.1 Å². The highest BCUT2D eigenvalue weighted by atomic mass is 79.9. The van der Waals surface area contributed by atoms with Crippen molar-refractivity contribution in [1.82, 2.24) is 9.80 Å². The first-order valence-electron chi connectivity index (χ1n) is 9.88. The Labute approximate surface area is 190 Å². The molecule has 3 rings (SSSR count). The average molecular weight is 524 g/mol. The van der Waals surface area contributed by atoms with Gasteiger partial charge < -0.3 is 9.64 Å². The molecule has 0 aliphatic carbocycles. The van der Waals surface area contributed by atoms with E-state index in [9.17, 15) is 4.79 Å². The Balaban J connectivity index is 1.83. The maximum absolute atomic E-state index is 12.6. The predicted molar refractivity (Wildman–Crippen MR) is 124 cm³/mol. The molecule has 1 aliphatic rings. The summed E-state index contributed by atoms with van der Waals surface area (Å²) in [5.74, 6) is 0. The molecule has 2 aromatic carbocycles. The first-order chi connectivity index (χ1) is 13.6. The molecule has 0 bridgehead atoms. The molecular weight excluding hydrogens is 496 g/mol. The number of hydrogen-bond donors (Lipinski definition) is 0. The number of carbonyl (C=O) groups is 1. The van der Waals surface area contributed by atoms with Crippen molar-refractivity contribution in [2.45, 2.75) is 45.4 Å². The number of halogens is 2. The summed E-state index contributed by atoms with van der Waals surface area (Å²) in [6.45, 7) is 10.0. The minimum atomic E-state index is -0.481. The SMILES string of the molecule is CC1CN(C(c2ccc(Br)cc2)c2ccc(Br)cc2)CCN1C(=O)OC(C)(C)C. The molecule has 0 saturated carbocycles. The van der Waals surface area contributed by atoms with E-state index in [0.717, 1.165) is 22.0 Å². The standard InChI is InChI=1S/C23H28Br2N2O2/c1-16-15-26(13-14-27(16)22(28)29-23(2,3)4)21(17-5-9-19(24)10-6-17)18-7-11-20(25)12-8-18/h5-12,16,21H,13-15H2,1-4H3. The van der Waals surface area contributed by atoms with Gasteiger partial charge in [-0.3, -0.25) is 4.90 Å². The minimum Gasteiger partial charge on any atom is -0.444 e. The average Bonchev–Trinajstić information content (AvgIpc) is 2.63. The summed E-state index contributed by atoms with van der Waals surface area (Å²) in [5, 5.41) is 0. The lowest BCUT2D eigenvalue weighted by molar-refractivity contribution is -0.00222. The lowest BCUT2D eigenvalue weighted by atomic mass is 9.95. The molecule has 0 radical (unpaired) electrons. The lowest BCUT2D eigenvalue weighted by Crippen LogP contribution is -2.55. The number of ether oxygens (including phenoxy) is 1. The van der Waals surface area contributed by atoms with Crippen LogP contribution in [0, 0.1) is 0 Å². The largest absolute Gasteiger partial charge is 0.444 e. The van der Waals surface area contributed by atoms with E-state index in [0.29, 0.717) is 6.54 Å². The molecule has 1 atom stereocenters. The Morgan fingerprint density at radius 3 is 1.86 bits per heavy atom. The summed E-state index contributed by atoms with van der Waals surface area (Å²) in [5.41, 5.74) is 2.01. The quantitative estimate of drug-likeness (QED) is 0.477. The zero-order valence-corrected chi connectivity index (χ0v) is 20.5. The highest BCUT2D eigenvalue weighted by Crippen LogP contribution is 2.32. The fourth-order valence-corrected chi connectivity index (χ4v) is 4.24. The number of carbonyl (C=O) groups excluding carboxylic acids is 1. The lowest BCUT2D eigenvalue weighted by Gasteiger charge is -2.43. The van der Waals surface area contributed by atoms with Gasteiger partial charge in [0.2, 0.25) is 0 Å². The van der Waals surface area contributed by atoms with Gasteiger partial charge in [0, 0.05) is 34.6 Å². The van der Waals surface area contributed by atoms with Gasteiger partial charge in [-0.15, -0.1) is 0 Å². The molecule has 0 aromatic heterocycles. The van der Waals surface area contributed by atoms with Crippen molar-refractivity contribution in [2.75, 3.05) is 19.6 Å². The summed E-state index contributed by atoms with van der Waals surface area (Å²) in [6, 6.07) is 17.2. The van der Waals surface area contributed by atoms with Crippen LogP contribution in [-0.4, -0.2) is 47.2 Å². The molecule has 1 unspecified atom stereocenters. The van der Waals surface area contributed by atoms with Gasteiger partial charge in [-0.25, -0.2) is 4.79 Å². The molecule has 1 fully saturated rings. The van der Waals surface area contributed by atoms with Gasteiger partial charge in [0.15, 0.2) is 0 Å². The molecule has 156 valence electrons. The molecule has 1 heterocycles. The van der Waals surface area contributed by atoms with Crippen LogP contribution in [0.1, 0.15) is 44.9 Å². The fraction of sp³-hybridized carbons (Fsp3) is 0.435. The Bertz CT molecular complexity index is 786. The van der Waals surface area contributed by atoms with Crippen LogP contribution in [0.3, 0.4) is 0 Å². The van der Waals surface area contributed by atoms with E-state index < -0.39 is 5.60 Å². The third kappa shape index (κ3) is 5.83. The summed E-state index contributed by atoms with van der Waals surface area (Å²) in [6.07, 6.45) is -0.228. The van der Waals surface area contributed by atoms with Crippen LogP contribution in [0.2, 0.25) is 0 Å². The van der Waals surface area contributed by atoms with E-state index in [1.54, 1.807) is 0 Å². The molecule has 1 aliphatic heterocycles. The minimum absolute atomic E-state index is 0.0759. The van der Waals surface area contributed by atoms with Crippen molar-refractivity contribution in [3.05, 3.63) is 68.6 Å². The number of hydrogen-bond acceptors (Lipinski definition) is 3. The maximum Gasteiger partial charge on any atom is 0.410 e. The number of benzene rings is 2. The third-order valence-corrected chi connectivity index (χ3v) is 6.08. The smallest absolute Gasteiger partial charge is 0.410 e. The summed E-state index contributed by atoms with van der Waals surface area (Å²) in [7, 11) is 0. The van der Waals surface area contributed by atoms with Gasteiger partial charge in [-0.05, 0) is 63.1 Å². The summed E-state index contributed by atoms with van der Waals surface area (Å²) < 4.78 is 7.73. The Kier molecular flexibility index (Phi) is 7.07.